The minimum Gasteiger partial charge on any atom is -0.497 e. The van der Waals surface area contributed by atoms with Crippen LogP contribution in [-0.4, -0.2) is 28.5 Å². The molecule has 0 heterocycles. The second-order valence-corrected chi connectivity index (χ2v) is 6.65. The molecule has 0 spiro atoms. The van der Waals surface area contributed by atoms with E-state index in [0.717, 1.165) is 11.3 Å². The first-order chi connectivity index (χ1) is 11.0. The predicted octanol–water partition coefficient (Wildman–Crippen LogP) is 1.53. The molecule has 1 amide bonds. The number of hydrogen-bond donors (Lipinski definition) is 2. The first-order valence-corrected chi connectivity index (χ1v) is 8.39. The van der Waals surface area contributed by atoms with Gasteiger partial charge in [-0.2, -0.15) is 0 Å². The van der Waals surface area contributed by atoms with E-state index >= 15 is 0 Å². The topological polar surface area (TPSA) is 84.5 Å². The van der Waals surface area contributed by atoms with Gasteiger partial charge >= 0.3 is 0 Å². The number of sulfonamides is 1. The fourth-order valence-electron chi connectivity index (χ4n) is 1.95. The fourth-order valence-corrected chi connectivity index (χ4v) is 2.73. The molecular formula is C16H18N2O4S. The van der Waals surface area contributed by atoms with E-state index in [9.17, 15) is 13.2 Å². The molecule has 0 saturated heterocycles. The quantitative estimate of drug-likeness (QED) is 0.839. The van der Waals surface area contributed by atoms with Gasteiger partial charge in [-0.15, -0.1) is 0 Å². The highest BCUT2D eigenvalue weighted by Gasteiger charge is 2.14. The average Bonchev–Trinajstić information content (AvgIpc) is 2.60. The molecule has 2 rings (SSSR count). The van der Waals surface area contributed by atoms with Crippen LogP contribution in [0.4, 0.5) is 0 Å². The van der Waals surface area contributed by atoms with Gasteiger partial charge in [0, 0.05) is 12.1 Å². The van der Waals surface area contributed by atoms with Crippen LogP contribution in [0.3, 0.4) is 0 Å². The lowest BCUT2D eigenvalue weighted by Crippen LogP contribution is -2.24. The molecule has 2 N–H and O–H groups in total. The lowest BCUT2D eigenvalue weighted by Gasteiger charge is -2.08. The Labute approximate surface area is 135 Å². The predicted molar refractivity (Wildman–Crippen MR) is 86.9 cm³/mol. The monoisotopic (exact) mass is 334 g/mol. The van der Waals surface area contributed by atoms with Crippen molar-refractivity contribution in [2.45, 2.75) is 11.4 Å². The number of ether oxygens (including phenoxy) is 1. The molecule has 2 aromatic carbocycles. The van der Waals surface area contributed by atoms with E-state index in [2.05, 4.69) is 10.0 Å². The molecule has 0 bridgehead atoms. The highest BCUT2D eigenvalue weighted by atomic mass is 32.2. The number of benzene rings is 2. The summed E-state index contributed by atoms with van der Waals surface area (Å²) in [6.07, 6.45) is 0. The molecule has 0 aromatic heterocycles. The first kappa shape index (κ1) is 17.0. The average molecular weight is 334 g/mol. The SMILES string of the molecule is CNS(=O)(=O)c1cccc(C(=O)NCc2ccc(OC)cc2)c1. The van der Waals surface area contributed by atoms with Crippen molar-refractivity contribution in [3.05, 3.63) is 59.7 Å². The maximum atomic E-state index is 12.2. The summed E-state index contributed by atoms with van der Waals surface area (Å²) in [7, 11) is -0.661. The Bertz CT molecular complexity index is 786. The number of amides is 1. The molecular weight excluding hydrogens is 316 g/mol. The molecule has 0 aliphatic carbocycles. The molecule has 0 aliphatic heterocycles. The number of carbonyl (C=O) groups is 1. The molecule has 0 fully saturated rings. The van der Waals surface area contributed by atoms with Gasteiger partial charge in [0.25, 0.3) is 5.91 Å². The van der Waals surface area contributed by atoms with E-state index in [4.69, 9.17) is 4.74 Å². The van der Waals surface area contributed by atoms with Gasteiger partial charge in [-0.1, -0.05) is 18.2 Å². The highest BCUT2D eigenvalue weighted by molar-refractivity contribution is 7.89. The van der Waals surface area contributed by atoms with E-state index in [1.54, 1.807) is 13.2 Å². The Morgan fingerprint density at radius 1 is 1.13 bits per heavy atom. The van der Waals surface area contributed by atoms with Gasteiger partial charge in [0.1, 0.15) is 5.75 Å². The highest BCUT2D eigenvalue weighted by Crippen LogP contribution is 2.13. The van der Waals surface area contributed by atoms with Crippen molar-refractivity contribution in [2.75, 3.05) is 14.2 Å². The van der Waals surface area contributed by atoms with Crippen LogP contribution < -0.4 is 14.8 Å². The van der Waals surface area contributed by atoms with Gasteiger partial charge in [-0.05, 0) is 42.9 Å². The van der Waals surface area contributed by atoms with E-state index in [-0.39, 0.29) is 16.4 Å². The van der Waals surface area contributed by atoms with E-state index in [1.165, 1.54) is 25.2 Å². The zero-order valence-electron chi connectivity index (χ0n) is 12.9. The third-order valence-electron chi connectivity index (χ3n) is 3.29. The van der Waals surface area contributed by atoms with Gasteiger partial charge in [0.2, 0.25) is 10.0 Å². The van der Waals surface area contributed by atoms with Crippen LogP contribution in [0.1, 0.15) is 15.9 Å². The second kappa shape index (κ2) is 7.26. The van der Waals surface area contributed by atoms with E-state index in [0.29, 0.717) is 6.54 Å². The summed E-state index contributed by atoms with van der Waals surface area (Å²) >= 11 is 0. The van der Waals surface area contributed by atoms with E-state index < -0.39 is 10.0 Å². The molecule has 122 valence electrons. The smallest absolute Gasteiger partial charge is 0.251 e. The van der Waals surface area contributed by atoms with Gasteiger partial charge in [-0.25, -0.2) is 13.1 Å². The minimum absolute atomic E-state index is 0.0529. The molecule has 7 heteroatoms. The molecule has 0 saturated carbocycles. The fraction of sp³-hybridized carbons (Fsp3) is 0.188. The number of hydrogen-bond acceptors (Lipinski definition) is 4. The second-order valence-electron chi connectivity index (χ2n) is 4.77. The van der Waals surface area contributed by atoms with Crippen molar-refractivity contribution in [1.29, 1.82) is 0 Å². The summed E-state index contributed by atoms with van der Waals surface area (Å²) in [6, 6.07) is 13.2. The van der Waals surface area contributed by atoms with Gasteiger partial charge in [0.05, 0.1) is 12.0 Å². The van der Waals surface area contributed by atoms with Gasteiger partial charge < -0.3 is 10.1 Å². The maximum Gasteiger partial charge on any atom is 0.251 e. The van der Waals surface area contributed by atoms with Gasteiger partial charge in [0.15, 0.2) is 0 Å². The number of nitrogens with one attached hydrogen (secondary N) is 2. The third kappa shape index (κ3) is 4.30. The first-order valence-electron chi connectivity index (χ1n) is 6.91. The number of carbonyl (C=O) groups excluding carboxylic acids is 1. The van der Waals surface area contributed by atoms with Crippen molar-refractivity contribution in [2.24, 2.45) is 0 Å². The summed E-state index contributed by atoms with van der Waals surface area (Å²) in [6.45, 7) is 0.339. The Kier molecular flexibility index (Phi) is 5.36. The molecule has 23 heavy (non-hydrogen) atoms. The summed E-state index contributed by atoms with van der Waals surface area (Å²) in [5, 5.41) is 2.75. The zero-order chi connectivity index (χ0) is 16.9. The Balaban J connectivity index is 2.07. The van der Waals surface area contributed by atoms with E-state index in [1.807, 2.05) is 24.3 Å². The Morgan fingerprint density at radius 3 is 2.43 bits per heavy atom. The normalized spacial score (nSPS) is 11.0. The summed E-state index contributed by atoms with van der Waals surface area (Å²) in [5.74, 6) is 0.402. The van der Waals surface area contributed by atoms with Crippen LogP contribution in [0.25, 0.3) is 0 Å². The van der Waals surface area contributed by atoms with Crippen LogP contribution in [0.5, 0.6) is 5.75 Å². The van der Waals surface area contributed by atoms with Crippen molar-refractivity contribution in [3.63, 3.8) is 0 Å². The third-order valence-corrected chi connectivity index (χ3v) is 4.70. The molecule has 0 aliphatic rings. The van der Waals surface area contributed by atoms with Crippen molar-refractivity contribution in [1.82, 2.24) is 10.0 Å². The lowest BCUT2D eigenvalue weighted by atomic mass is 10.2. The zero-order valence-corrected chi connectivity index (χ0v) is 13.7. The summed E-state index contributed by atoms with van der Waals surface area (Å²) < 4.78 is 30.8. The molecule has 2 aromatic rings. The van der Waals surface area contributed by atoms with Crippen LogP contribution in [0.15, 0.2) is 53.4 Å². The maximum absolute atomic E-state index is 12.2. The molecule has 0 unspecified atom stereocenters. The summed E-state index contributed by atoms with van der Waals surface area (Å²) in [4.78, 5) is 12.2. The van der Waals surface area contributed by atoms with Crippen LogP contribution in [0.2, 0.25) is 0 Å². The largest absolute Gasteiger partial charge is 0.497 e. The van der Waals surface area contributed by atoms with Crippen molar-refractivity contribution < 1.29 is 17.9 Å². The molecule has 6 nitrogen and oxygen atoms in total. The van der Waals surface area contributed by atoms with Crippen LogP contribution >= 0.6 is 0 Å². The van der Waals surface area contributed by atoms with Crippen LogP contribution in [0, 0.1) is 0 Å². The van der Waals surface area contributed by atoms with Crippen LogP contribution in [-0.2, 0) is 16.6 Å². The van der Waals surface area contributed by atoms with Gasteiger partial charge in [-0.3, -0.25) is 4.79 Å². The Morgan fingerprint density at radius 2 is 1.83 bits per heavy atom. The number of rotatable bonds is 6. The number of methoxy groups -OCH3 is 1. The Hall–Kier alpha value is -2.38. The summed E-state index contributed by atoms with van der Waals surface area (Å²) in [5.41, 5.74) is 1.20. The standard InChI is InChI=1S/C16H18N2O4S/c1-17-23(20,21)15-5-3-4-13(10-15)16(19)18-11-12-6-8-14(22-2)9-7-12/h3-10,17H,11H2,1-2H3,(H,18,19). The minimum atomic E-state index is -3.57. The molecule has 0 radical (unpaired) electrons. The van der Waals surface area contributed by atoms with Crippen molar-refractivity contribution in [3.8, 4) is 5.75 Å². The molecule has 0 atom stereocenters. The lowest BCUT2D eigenvalue weighted by molar-refractivity contribution is 0.0950. The van der Waals surface area contributed by atoms with Crippen molar-refractivity contribution >= 4 is 15.9 Å².